The van der Waals surface area contributed by atoms with Gasteiger partial charge in [-0.2, -0.15) is 0 Å². The van der Waals surface area contributed by atoms with Crippen LogP contribution >= 0.6 is 11.6 Å². The first-order chi connectivity index (χ1) is 9.88. The van der Waals surface area contributed by atoms with Crippen LogP contribution < -0.4 is 5.32 Å². The average molecular weight is 309 g/mol. The summed E-state index contributed by atoms with van der Waals surface area (Å²) in [5.41, 5.74) is 0.747. The Labute approximate surface area is 128 Å². The van der Waals surface area contributed by atoms with Gasteiger partial charge in [0, 0.05) is 12.8 Å². The molecular weight excluding hydrogens is 292 g/mol. The monoisotopic (exact) mass is 308 g/mol. The number of hydrogen-bond donors (Lipinski definition) is 2. The van der Waals surface area contributed by atoms with E-state index in [1.807, 2.05) is 6.92 Å². The van der Waals surface area contributed by atoms with Crippen molar-refractivity contribution in [2.75, 3.05) is 6.54 Å². The van der Waals surface area contributed by atoms with Crippen molar-refractivity contribution in [1.29, 1.82) is 0 Å². The van der Waals surface area contributed by atoms with Crippen molar-refractivity contribution in [3.63, 3.8) is 0 Å². The molecule has 112 valence electrons. The van der Waals surface area contributed by atoms with Gasteiger partial charge in [-0.25, -0.2) is 0 Å². The summed E-state index contributed by atoms with van der Waals surface area (Å²) in [4.78, 5) is 27.2. The molecule has 21 heavy (non-hydrogen) atoms. The van der Waals surface area contributed by atoms with Gasteiger partial charge in [-0.3, -0.25) is 14.6 Å². The molecule has 1 aromatic carbocycles. The first-order valence-electron chi connectivity index (χ1n) is 6.40. The summed E-state index contributed by atoms with van der Waals surface area (Å²) in [7, 11) is 0. The summed E-state index contributed by atoms with van der Waals surface area (Å²) in [6.45, 7) is 5.02. The zero-order valence-corrected chi connectivity index (χ0v) is 12.9. The van der Waals surface area contributed by atoms with E-state index in [-0.39, 0.29) is 28.0 Å². The number of carbonyl (C=O) groups excluding carboxylic acids is 2. The highest BCUT2D eigenvalue weighted by atomic mass is 35.5. The SMILES string of the molecule is CCNC(=O)c1cccc(N=CC(C(C)=O)=C(C)O)c1Cl. The lowest BCUT2D eigenvalue weighted by molar-refractivity contribution is -0.113. The van der Waals surface area contributed by atoms with Crippen molar-refractivity contribution >= 4 is 35.2 Å². The standard InChI is InChI=1S/C15H17ClN2O3/c1-4-17-15(21)11-6-5-7-13(14(11)16)18-8-12(9(2)19)10(3)20/h5-8,19H,4H2,1-3H3,(H,17,21). The van der Waals surface area contributed by atoms with Crippen LogP contribution in [-0.2, 0) is 4.79 Å². The van der Waals surface area contributed by atoms with Crippen molar-refractivity contribution in [3.05, 3.63) is 40.1 Å². The van der Waals surface area contributed by atoms with E-state index in [1.54, 1.807) is 18.2 Å². The molecule has 0 aliphatic heterocycles. The van der Waals surface area contributed by atoms with Crippen LogP contribution in [0, 0.1) is 0 Å². The minimum atomic E-state index is -0.310. The molecule has 2 N–H and O–H groups in total. The van der Waals surface area contributed by atoms with E-state index >= 15 is 0 Å². The summed E-state index contributed by atoms with van der Waals surface area (Å²) in [5, 5.41) is 12.3. The summed E-state index contributed by atoms with van der Waals surface area (Å²) in [6, 6.07) is 4.85. The molecule has 0 heterocycles. The van der Waals surface area contributed by atoms with Crippen LogP contribution in [-0.4, -0.2) is 29.6 Å². The fraction of sp³-hybridized carbons (Fsp3) is 0.267. The summed E-state index contributed by atoms with van der Waals surface area (Å²) in [5.74, 6) is -0.725. The van der Waals surface area contributed by atoms with E-state index in [4.69, 9.17) is 11.6 Å². The molecular formula is C15H17ClN2O3. The minimum absolute atomic E-state index is 0.0921. The van der Waals surface area contributed by atoms with Gasteiger partial charge in [0.15, 0.2) is 5.78 Å². The van der Waals surface area contributed by atoms with E-state index in [0.717, 1.165) is 0 Å². The van der Waals surface area contributed by atoms with Crippen molar-refractivity contribution in [1.82, 2.24) is 5.32 Å². The number of amides is 1. The Bertz CT molecular complexity index is 617. The first-order valence-corrected chi connectivity index (χ1v) is 6.77. The van der Waals surface area contributed by atoms with Gasteiger partial charge < -0.3 is 10.4 Å². The van der Waals surface area contributed by atoms with Crippen molar-refractivity contribution in [2.45, 2.75) is 20.8 Å². The topological polar surface area (TPSA) is 78.8 Å². The van der Waals surface area contributed by atoms with E-state index in [0.29, 0.717) is 17.8 Å². The second kappa shape index (κ2) is 7.59. The largest absolute Gasteiger partial charge is 0.512 e. The van der Waals surface area contributed by atoms with E-state index < -0.39 is 0 Å². The molecule has 0 atom stereocenters. The second-order valence-corrected chi connectivity index (χ2v) is 4.69. The number of nitrogens with zero attached hydrogens (tertiary/aromatic N) is 1. The number of hydrogen-bond acceptors (Lipinski definition) is 4. The molecule has 1 rings (SSSR count). The van der Waals surface area contributed by atoms with Gasteiger partial charge in [0.25, 0.3) is 5.91 Å². The molecule has 0 radical (unpaired) electrons. The zero-order valence-electron chi connectivity index (χ0n) is 12.1. The van der Waals surface area contributed by atoms with E-state index in [2.05, 4.69) is 10.3 Å². The van der Waals surface area contributed by atoms with Gasteiger partial charge in [-0.05, 0) is 32.9 Å². The Morgan fingerprint density at radius 2 is 2.05 bits per heavy atom. The third kappa shape index (κ3) is 4.43. The molecule has 1 amide bonds. The second-order valence-electron chi connectivity index (χ2n) is 4.31. The van der Waals surface area contributed by atoms with Crippen LogP contribution in [0.5, 0.6) is 0 Å². The molecule has 6 heteroatoms. The molecule has 0 spiro atoms. The third-order valence-electron chi connectivity index (χ3n) is 2.66. The van der Waals surface area contributed by atoms with Crippen molar-refractivity contribution < 1.29 is 14.7 Å². The smallest absolute Gasteiger partial charge is 0.252 e. The number of nitrogens with one attached hydrogen (secondary N) is 1. The normalized spacial score (nSPS) is 12.2. The number of aliphatic hydroxyl groups is 1. The van der Waals surface area contributed by atoms with Crippen LogP contribution in [0.4, 0.5) is 5.69 Å². The highest BCUT2D eigenvalue weighted by molar-refractivity contribution is 6.36. The molecule has 0 aliphatic rings. The zero-order chi connectivity index (χ0) is 16.0. The van der Waals surface area contributed by atoms with Crippen molar-refractivity contribution in [3.8, 4) is 0 Å². The first kappa shape index (κ1) is 16.9. The molecule has 0 saturated carbocycles. The maximum absolute atomic E-state index is 11.8. The fourth-order valence-corrected chi connectivity index (χ4v) is 1.88. The maximum Gasteiger partial charge on any atom is 0.252 e. The molecule has 1 aromatic rings. The molecule has 0 unspecified atom stereocenters. The third-order valence-corrected chi connectivity index (χ3v) is 3.06. The molecule has 0 fully saturated rings. The Kier molecular flexibility index (Phi) is 6.11. The highest BCUT2D eigenvalue weighted by Gasteiger charge is 2.12. The Balaban J connectivity index is 3.16. The lowest BCUT2D eigenvalue weighted by atomic mass is 10.1. The number of Topliss-reactive ketones (excluding diaryl/α,β-unsaturated/α-hetero) is 1. The van der Waals surface area contributed by atoms with Gasteiger partial charge in [0.2, 0.25) is 0 Å². The number of aliphatic hydroxyl groups excluding tert-OH is 1. The number of ketones is 1. The van der Waals surface area contributed by atoms with Crippen molar-refractivity contribution in [2.24, 2.45) is 4.99 Å². The maximum atomic E-state index is 11.8. The number of allylic oxidation sites excluding steroid dienone is 2. The predicted molar refractivity (Wildman–Crippen MR) is 83.6 cm³/mol. The number of aliphatic imine (C=N–C) groups is 1. The summed E-state index contributed by atoms with van der Waals surface area (Å²) in [6.07, 6.45) is 1.24. The molecule has 0 aromatic heterocycles. The van der Waals surface area contributed by atoms with Crippen LogP contribution in [0.3, 0.4) is 0 Å². The van der Waals surface area contributed by atoms with Gasteiger partial charge >= 0.3 is 0 Å². The molecule has 0 aliphatic carbocycles. The predicted octanol–water partition coefficient (Wildman–Crippen LogP) is 3.21. The van der Waals surface area contributed by atoms with Gasteiger partial charge in [-0.15, -0.1) is 0 Å². The van der Waals surface area contributed by atoms with Crippen LogP contribution in [0.25, 0.3) is 0 Å². The van der Waals surface area contributed by atoms with E-state index in [1.165, 1.54) is 20.1 Å². The Morgan fingerprint density at radius 3 is 2.57 bits per heavy atom. The van der Waals surface area contributed by atoms with Gasteiger partial charge in [0.05, 0.1) is 21.8 Å². The number of rotatable bonds is 5. The van der Waals surface area contributed by atoms with Gasteiger partial charge in [0.1, 0.15) is 5.76 Å². The quantitative estimate of drug-likeness (QED) is 0.498. The highest BCUT2D eigenvalue weighted by Crippen LogP contribution is 2.28. The summed E-state index contributed by atoms with van der Waals surface area (Å²) >= 11 is 6.14. The molecule has 0 saturated heterocycles. The van der Waals surface area contributed by atoms with Gasteiger partial charge in [-0.1, -0.05) is 17.7 Å². The molecule has 5 nitrogen and oxygen atoms in total. The fourth-order valence-electron chi connectivity index (χ4n) is 1.62. The van der Waals surface area contributed by atoms with Crippen LogP contribution in [0.2, 0.25) is 5.02 Å². The van der Waals surface area contributed by atoms with Crippen LogP contribution in [0.15, 0.2) is 34.5 Å². The summed E-state index contributed by atoms with van der Waals surface area (Å²) < 4.78 is 0. The van der Waals surface area contributed by atoms with Crippen LogP contribution in [0.1, 0.15) is 31.1 Å². The minimum Gasteiger partial charge on any atom is -0.512 e. The number of halogens is 1. The Morgan fingerprint density at radius 1 is 1.38 bits per heavy atom. The average Bonchev–Trinajstić information content (AvgIpc) is 2.40. The lowest BCUT2D eigenvalue weighted by Crippen LogP contribution is -2.22. The molecule has 0 bridgehead atoms. The lowest BCUT2D eigenvalue weighted by Gasteiger charge is -2.06. The number of carbonyl (C=O) groups is 2. The number of benzene rings is 1. The Hall–Kier alpha value is -2.14. The van der Waals surface area contributed by atoms with E-state index in [9.17, 15) is 14.7 Å².